The van der Waals surface area contributed by atoms with Crippen molar-refractivity contribution in [1.29, 1.82) is 0 Å². The first kappa shape index (κ1) is 41.2. The average Bonchev–Trinajstić information content (AvgIpc) is 3.77. The van der Waals surface area contributed by atoms with Crippen LogP contribution in [0.3, 0.4) is 0 Å². The molecule has 17 nitrogen and oxygen atoms in total. The Labute approximate surface area is 303 Å². The quantitative estimate of drug-likeness (QED) is 0.0482. The molecule has 2 heterocycles. The van der Waals surface area contributed by atoms with Crippen LogP contribution in [0.1, 0.15) is 65.4 Å². The second kappa shape index (κ2) is 20.0. The van der Waals surface area contributed by atoms with Crippen molar-refractivity contribution in [2.45, 2.75) is 96.4 Å². The zero-order chi connectivity index (χ0) is 38.4. The number of rotatable bonds is 19. The summed E-state index contributed by atoms with van der Waals surface area (Å²) in [5.74, 6) is -3.88. The zero-order valence-corrected chi connectivity index (χ0v) is 30.4. The normalized spacial score (nSPS) is 16.9. The summed E-state index contributed by atoms with van der Waals surface area (Å²) in [4.78, 5) is 88.4. The molecule has 1 saturated heterocycles. The van der Waals surface area contributed by atoms with E-state index in [0.717, 1.165) is 10.9 Å². The van der Waals surface area contributed by atoms with Crippen LogP contribution in [0.25, 0.3) is 10.9 Å². The predicted molar refractivity (Wildman–Crippen MR) is 195 cm³/mol. The molecule has 1 aromatic heterocycles. The number of aromatic amines is 1. The average molecular weight is 727 g/mol. The van der Waals surface area contributed by atoms with Crippen molar-refractivity contribution >= 4 is 52.3 Å². The van der Waals surface area contributed by atoms with Gasteiger partial charge in [0.25, 0.3) is 0 Å². The van der Waals surface area contributed by atoms with E-state index in [1.54, 1.807) is 20.0 Å². The van der Waals surface area contributed by atoms with Crippen LogP contribution in [-0.2, 0) is 35.2 Å². The van der Waals surface area contributed by atoms with E-state index in [2.05, 4.69) is 36.6 Å². The number of guanidine groups is 1. The standard InChI is InChI=1S/C35H54N10O7/c1-5-20(3)29(33(51)42-25(13-9-15-39-35(36)37)34(52)45-16-10-14-28(45)32(50)38-6-2)44-30(48)26(43-31(49)27(19-46)41-21(4)47)17-22-18-40-24-12-8-7-11-23(22)24/h7-8,11-12,18,20,25-29,40,46H,5-6,9-10,13-17,19H2,1-4H3,(H,38,50)(H,41,47)(H,42,51)(H,43,49)(H,44,48)(H4,36,37,39)/t20-,25-,26-,27-,28-,29-/m0/s1. The van der Waals surface area contributed by atoms with Crippen molar-refractivity contribution in [2.75, 3.05) is 26.2 Å². The molecule has 2 aromatic rings. The fourth-order valence-electron chi connectivity index (χ4n) is 6.21. The van der Waals surface area contributed by atoms with Gasteiger partial charge in [-0.2, -0.15) is 0 Å². The fraction of sp³-hybridized carbons (Fsp3) is 0.571. The molecule has 1 aliphatic heterocycles. The highest BCUT2D eigenvalue weighted by Gasteiger charge is 2.39. The molecule has 0 aliphatic carbocycles. The van der Waals surface area contributed by atoms with Crippen LogP contribution in [0.4, 0.5) is 0 Å². The van der Waals surface area contributed by atoms with Crippen molar-refractivity contribution in [3.8, 4) is 0 Å². The van der Waals surface area contributed by atoms with Crippen molar-refractivity contribution in [2.24, 2.45) is 22.4 Å². The smallest absolute Gasteiger partial charge is 0.245 e. The Bertz CT molecular complexity index is 1590. The molecular weight excluding hydrogens is 672 g/mol. The molecule has 1 aromatic carbocycles. The molecule has 0 unspecified atom stereocenters. The summed E-state index contributed by atoms with van der Waals surface area (Å²) >= 11 is 0. The van der Waals surface area contributed by atoms with Crippen LogP contribution in [-0.4, -0.2) is 113 Å². The molecular formula is C35H54N10O7. The summed E-state index contributed by atoms with van der Waals surface area (Å²) in [5.41, 5.74) is 12.5. The number of carbonyl (C=O) groups excluding carboxylic acids is 6. The first-order valence-electron chi connectivity index (χ1n) is 17.8. The zero-order valence-electron chi connectivity index (χ0n) is 30.4. The first-order valence-corrected chi connectivity index (χ1v) is 17.8. The Balaban J connectivity index is 1.89. The molecule has 0 bridgehead atoms. The van der Waals surface area contributed by atoms with E-state index < -0.39 is 72.3 Å². The summed E-state index contributed by atoms with van der Waals surface area (Å²) in [6, 6.07) is 2.02. The largest absolute Gasteiger partial charge is 0.394 e. The lowest BCUT2D eigenvalue weighted by molar-refractivity contribution is -0.142. The minimum atomic E-state index is -1.32. The number of aliphatic hydroxyl groups excluding tert-OH is 1. The molecule has 6 amide bonds. The van der Waals surface area contributed by atoms with E-state index in [-0.39, 0.29) is 31.3 Å². The summed E-state index contributed by atoms with van der Waals surface area (Å²) in [7, 11) is 0. The van der Waals surface area contributed by atoms with Crippen LogP contribution in [0.2, 0.25) is 0 Å². The molecule has 286 valence electrons. The second-order valence-corrected chi connectivity index (χ2v) is 13.0. The number of aliphatic hydroxyl groups is 1. The highest BCUT2D eigenvalue weighted by Crippen LogP contribution is 2.22. The Kier molecular flexibility index (Phi) is 15.9. The second-order valence-electron chi connectivity index (χ2n) is 13.0. The van der Waals surface area contributed by atoms with E-state index >= 15 is 0 Å². The number of nitrogens with one attached hydrogen (secondary N) is 6. The number of hydrogen-bond acceptors (Lipinski definition) is 8. The van der Waals surface area contributed by atoms with Gasteiger partial charge >= 0.3 is 0 Å². The van der Waals surface area contributed by atoms with Crippen LogP contribution in [0.15, 0.2) is 35.5 Å². The van der Waals surface area contributed by atoms with E-state index in [9.17, 15) is 33.9 Å². The summed E-state index contributed by atoms with van der Waals surface area (Å²) in [5, 5.41) is 24.0. The Hall–Kier alpha value is -5.19. The van der Waals surface area contributed by atoms with Gasteiger partial charge < -0.3 is 53.0 Å². The van der Waals surface area contributed by atoms with Gasteiger partial charge in [-0.25, -0.2) is 0 Å². The lowest BCUT2D eigenvalue weighted by atomic mass is 9.96. The van der Waals surface area contributed by atoms with Gasteiger partial charge in [-0.1, -0.05) is 38.5 Å². The number of hydrogen-bond donors (Lipinski definition) is 9. The number of benzene rings is 1. The summed E-state index contributed by atoms with van der Waals surface area (Å²) in [6.45, 7) is 6.86. The number of H-pyrrole nitrogens is 1. The Morgan fingerprint density at radius 3 is 2.33 bits per heavy atom. The van der Waals surface area contributed by atoms with Gasteiger partial charge in [0.15, 0.2) is 5.96 Å². The highest BCUT2D eigenvalue weighted by atomic mass is 16.3. The van der Waals surface area contributed by atoms with Crippen molar-refractivity contribution < 1.29 is 33.9 Å². The molecule has 52 heavy (non-hydrogen) atoms. The fourth-order valence-corrected chi connectivity index (χ4v) is 6.21. The predicted octanol–water partition coefficient (Wildman–Crippen LogP) is -1.11. The van der Waals surface area contributed by atoms with Gasteiger partial charge in [0.2, 0.25) is 35.4 Å². The number of likely N-dealkylation sites (tertiary alicyclic amines) is 1. The SMILES string of the molecule is CCNC(=O)[C@@H]1CCCN1C(=O)[C@H](CCCN=C(N)N)NC(=O)[C@@H](NC(=O)[C@H](Cc1c[nH]c2ccccc12)NC(=O)[C@H](CO)NC(C)=O)[C@@H](C)CC. The lowest BCUT2D eigenvalue weighted by Crippen LogP contribution is -2.60. The molecule has 17 heteroatoms. The molecule has 1 fully saturated rings. The number of para-hydroxylation sites is 1. The highest BCUT2D eigenvalue weighted by molar-refractivity contribution is 5.97. The topological polar surface area (TPSA) is 266 Å². The molecule has 6 atom stereocenters. The van der Waals surface area contributed by atoms with Crippen molar-refractivity contribution in [3.63, 3.8) is 0 Å². The number of nitrogens with two attached hydrogens (primary N) is 2. The number of fused-ring (bicyclic) bond motifs is 1. The van der Waals surface area contributed by atoms with E-state index in [4.69, 9.17) is 11.5 Å². The van der Waals surface area contributed by atoms with Crippen molar-refractivity contribution in [3.05, 3.63) is 36.0 Å². The molecule has 0 saturated carbocycles. The number of carbonyl (C=O) groups is 6. The molecule has 3 rings (SSSR count). The molecule has 1 aliphatic rings. The van der Waals surface area contributed by atoms with Gasteiger partial charge in [0.1, 0.15) is 30.2 Å². The van der Waals surface area contributed by atoms with Gasteiger partial charge in [0.05, 0.1) is 6.61 Å². The third-order valence-electron chi connectivity index (χ3n) is 9.15. The number of nitrogens with zero attached hydrogens (tertiary/aromatic N) is 2. The van der Waals surface area contributed by atoms with Gasteiger partial charge in [-0.3, -0.25) is 33.8 Å². The van der Waals surface area contributed by atoms with Crippen LogP contribution in [0, 0.1) is 5.92 Å². The van der Waals surface area contributed by atoms with Crippen molar-refractivity contribution in [1.82, 2.24) is 36.5 Å². The minimum absolute atomic E-state index is 0.0106. The monoisotopic (exact) mass is 726 g/mol. The van der Waals surface area contributed by atoms with E-state index in [1.165, 1.54) is 11.8 Å². The third-order valence-corrected chi connectivity index (χ3v) is 9.15. The molecule has 11 N–H and O–H groups in total. The van der Waals surface area contributed by atoms with Gasteiger partial charge in [-0.15, -0.1) is 0 Å². The maximum atomic E-state index is 14.1. The maximum absolute atomic E-state index is 14.1. The van der Waals surface area contributed by atoms with Crippen LogP contribution < -0.4 is 38.1 Å². The van der Waals surface area contributed by atoms with Crippen LogP contribution >= 0.6 is 0 Å². The lowest BCUT2D eigenvalue weighted by Gasteiger charge is -2.31. The maximum Gasteiger partial charge on any atom is 0.245 e. The first-order chi connectivity index (χ1) is 24.8. The Morgan fingerprint density at radius 1 is 0.981 bits per heavy atom. The molecule has 0 radical (unpaired) electrons. The van der Waals surface area contributed by atoms with Gasteiger partial charge in [0, 0.05) is 50.1 Å². The minimum Gasteiger partial charge on any atom is -0.394 e. The van der Waals surface area contributed by atoms with Crippen LogP contribution in [0.5, 0.6) is 0 Å². The summed E-state index contributed by atoms with van der Waals surface area (Å²) in [6.07, 6.45) is 3.81. The van der Waals surface area contributed by atoms with Gasteiger partial charge in [-0.05, 0) is 50.2 Å². The number of amides is 6. The number of aliphatic imine (C=N–C) groups is 1. The van der Waals surface area contributed by atoms with E-state index in [1.807, 2.05) is 31.2 Å². The number of aromatic nitrogens is 1. The number of likely N-dealkylation sites (N-methyl/N-ethyl adjacent to an activating group) is 1. The Morgan fingerprint density at radius 2 is 1.67 bits per heavy atom. The van der Waals surface area contributed by atoms with E-state index in [0.29, 0.717) is 44.3 Å². The molecule has 0 spiro atoms. The third kappa shape index (κ3) is 11.4. The summed E-state index contributed by atoms with van der Waals surface area (Å²) < 4.78 is 0.